The molecule has 2 aromatic carbocycles. The molecule has 3 aromatic rings. The molecular formula is C21H23FN2O. The molecule has 130 valence electrons. The van der Waals surface area contributed by atoms with Gasteiger partial charge >= 0.3 is 0 Å². The van der Waals surface area contributed by atoms with Crippen LogP contribution in [0.2, 0.25) is 0 Å². The summed E-state index contributed by atoms with van der Waals surface area (Å²) in [6.07, 6.45) is 6.11. The third kappa shape index (κ3) is 3.27. The molecule has 4 heteroatoms. The van der Waals surface area contributed by atoms with Gasteiger partial charge in [-0.2, -0.15) is 0 Å². The molecule has 0 saturated heterocycles. The molecule has 1 aromatic heterocycles. The first-order chi connectivity index (χ1) is 12.2. The van der Waals surface area contributed by atoms with Crippen LogP contribution >= 0.6 is 0 Å². The fourth-order valence-electron chi connectivity index (χ4n) is 3.89. The van der Waals surface area contributed by atoms with Crippen molar-refractivity contribution in [1.82, 2.24) is 10.3 Å². The third-order valence-corrected chi connectivity index (χ3v) is 5.22. The predicted molar refractivity (Wildman–Crippen MR) is 98.8 cm³/mol. The van der Waals surface area contributed by atoms with Crippen molar-refractivity contribution >= 4 is 10.9 Å². The van der Waals surface area contributed by atoms with Crippen molar-refractivity contribution in [2.75, 3.05) is 13.7 Å². The molecule has 2 N–H and O–H groups in total. The monoisotopic (exact) mass is 338 g/mol. The Hall–Kier alpha value is -2.33. The van der Waals surface area contributed by atoms with Gasteiger partial charge < -0.3 is 15.0 Å². The van der Waals surface area contributed by atoms with Crippen LogP contribution in [-0.2, 0) is 19.3 Å². The maximum Gasteiger partial charge on any atom is 0.123 e. The number of aryl methyl sites for hydroxylation is 1. The van der Waals surface area contributed by atoms with Crippen LogP contribution in [0, 0.1) is 5.82 Å². The summed E-state index contributed by atoms with van der Waals surface area (Å²) in [6, 6.07) is 11.7. The molecule has 0 bridgehead atoms. The highest BCUT2D eigenvalue weighted by atomic mass is 19.1. The maximum absolute atomic E-state index is 13.5. The van der Waals surface area contributed by atoms with E-state index in [0.717, 1.165) is 54.4 Å². The molecular weight excluding hydrogens is 315 g/mol. The highest BCUT2D eigenvalue weighted by molar-refractivity contribution is 5.83. The van der Waals surface area contributed by atoms with Crippen molar-refractivity contribution < 1.29 is 9.13 Å². The molecule has 1 atom stereocenters. The number of fused-ring (bicyclic) bond motifs is 2. The van der Waals surface area contributed by atoms with Gasteiger partial charge in [0.1, 0.15) is 11.6 Å². The van der Waals surface area contributed by atoms with Crippen LogP contribution in [0.5, 0.6) is 5.75 Å². The fraction of sp³-hybridized carbons (Fsp3) is 0.333. The van der Waals surface area contributed by atoms with Crippen molar-refractivity contribution in [1.29, 1.82) is 0 Å². The van der Waals surface area contributed by atoms with E-state index in [2.05, 4.69) is 22.4 Å². The van der Waals surface area contributed by atoms with Crippen molar-refractivity contribution in [3.05, 3.63) is 65.1 Å². The van der Waals surface area contributed by atoms with E-state index in [9.17, 15) is 4.39 Å². The van der Waals surface area contributed by atoms with E-state index < -0.39 is 0 Å². The van der Waals surface area contributed by atoms with Crippen molar-refractivity contribution in [3.63, 3.8) is 0 Å². The van der Waals surface area contributed by atoms with E-state index >= 15 is 0 Å². The van der Waals surface area contributed by atoms with Crippen LogP contribution in [0.4, 0.5) is 4.39 Å². The average molecular weight is 338 g/mol. The largest absolute Gasteiger partial charge is 0.496 e. The van der Waals surface area contributed by atoms with Crippen LogP contribution in [-0.4, -0.2) is 24.7 Å². The SMILES string of the molecule is COc1cccc2c1CC(NCCc1c[nH]c3ccc(F)cc13)CC2. The Kier molecular flexibility index (Phi) is 4.45. The minimum absolute atomic E-state index is 0.183. The zero-order chi connectivity index (χ0) is 17.2. The van der Waals surface area contributed by atoms with Crippen LogP contribution in [0.25, 0.3) is 10.9 Å². The van der Waals surface area contributed by atoms with Gasteiger partial charge in [0.2, 0.25) is 0 Å². The summed E-state index contributed by atoms with van der Waals surface area (Å²) in [4.78, 5) is 3.22. The average Bonchev–Trinajstić information content (AvgIpc) is 3.03. The summed E-state index contributed by atoms with van der Waals surface area (Å²) in [6.45, 7) is 0.888. The number of H-pyrrole nitrogens is 1. The molecule has 0 spiro atoms. The number of hydrogen-bond donors (Lipinski definition) is 2. The molecule has 1 unspecified atom stereocenters. The molecule has 0 radical (unpaired) electrons. The quantitative estimate of drug-likeness (QED) is 0.738. The van der Waals surface area contributed by atoms with Crippen molar-refractivity contribution in [2.45, 2.75) is 31.7 Å². The molecule has 25 heavy (non-hydrogen) atoms. The zero-order valence-corrected chi connectivity index (χ0v) is 14.4. The Morgan fingerprint density at radius 2 is 2.20 bits per heavy atom. The number of hydrogen-bond acceptors (Lipinski definition) is 2. The summed E-state index contributed by atoms with van der Waals surface area (Å²) in [5.74, 6) is 0.813. The van der Waals surface area contributed by atoms with Crippen molar-refractivity contribution in [2.24, 2.45) is 0 Å². The molecule has 0 saturated carbocycles. The molecule has 0 fully saturated rings. The smallest absolute Gasteiger partial charge is 0.123 e. The van der Waals surface area contributed by atoms with Crippen LogP contribution in [0.15, 0.2) is 42.6 Å². The topological polar surface area (TPSA) is 37.0 Å². The lowest BCUT2D eigenvalue weighted by Gasteiger charge is -2.27. The van der Waals surface area contributed by atoms with E-state index in [1.54, 1.807) is 19.2 Å². The lowest BCUT2D eigenvalue weighted by atomic mass is 9.87. The van der Waals surface area contributed by atoms with E-state index in [0.29, 0.717) is 6.04 Å². The van der Waals surface area contributed by atoms with Crippen molar-refractivity contribution in [3.8, 4) is 5.75 Å². The number of aromatic amines is 1. The summed E-state index contributed by atoms with van der Waals surface area (Å²) in [5.41, 5.74) is 4.90. The Bertz CT molecular complexity index is 872. The Morgan fingerprint density at radius 1 is 1.28 bits per heavy atom. The predicted octanol–water partition coefficient (Wildman–Crippen LogP) is 4.01. The standard InChI is InChI=1S/C21H23FN2O/c1-25-21-4-2-3-14-5-7-17(12-19(14)21)23-10-9-15-13-24-20-8-6-16(22)11-18(15)20/h2-4,6,8,11,13,17,23-24H,5,7,9-10,12H2,1H3. The number of aromatic nitrogens is 1. The first-order valence-corrected chi connectivity index (χ1v) is 8.88. The van der Waals surface area contributed by atoms with E-state index in [1.165, 1.54) is 17.2 Å². The number of ether oxygens (including phenoxy) is 1. The highest BCUT2D eigenvalue weighted by Crippen LogP contribution is 2.29. The lowest BCUT2D eigenvalue weighted by molar-refractivity contribution is 0.394. The molecule has 0 amide bonds. The number of rotatable bonds is 5. The van der Waals surface area contributed by atoms with Gasteiger partial charge in [-0.3, -0.25) is 0 Å². The lowest BCUT2D eigenvalue weighted by Crippen LogP contribution is -2.36. The molecule has 4 rings (SSSR count). The second-order valence-electron chi connectivity index (χ2n) is 6.75. The zero-order valence-electron chi connectivity index (χ0n) is 14.4. The van der Waals surface area contributed by atoms with Crippen LogP contribution in [0.1, 0.15) is 23.1 Å². The first kappa shape index (κ1) is 16.2. The number of halogens is 1. The minimum atomic E-state index is -0.183. The first-order valence-electron chi connectivity index (χ1n) is 8.88. The van der Waals surface area contributed by atoms with Gasteiger partial charge in [-0.1, -0.05) is 12.1 Å². The van der Waals surface area contributed by atoms with E-state index in [-0.39, 0.29) is 5.82 Å². The molecule has 1 aliphatic rings. The number of nitrogens with one attached hydrogen (secondary N) is 2. The van der Waals surface area contributed by atoms with Gasteiger partial charge in [-0.05, 0) is 73.2 Å². The molecule has 1 aliphatic carbocycles. The summed E-state index contributed by atoms with van der Waals surface area (Å²) < 4.78 is 19.0. The van der Waals surface area contributed by atoms with Gasteiger partial charge in [0.15, 0.2) is 0 Å². The van der Waals surface area contributed by atoms with Gasteiger partial charge in [-0.15, -0.1) is 0 Å². The van der Waals surface area contributed by atoms with Gasteiger partial charge in [-0.25, -0.2) is 4.39 Å². The summed E-state index contributed by atoms with van der Waals surface area (Å²) in [7, 11) is 1.74. The van der Waals surface area contributed by atoms with E-state index in [4.69, 9.17) is 4.74 Å². The fourth-order valence-corrected chi connectivity index (χ4v) is 3.89. The minimum Gasteiger partial charge on any atom is -0.496 e. The summed E-state index contributed by atoms with van der Waals surface area (Å²) >= 11 is 0. The Morgan fingerprint density at radius 3 is 3.08 bits per heavy atom. The number of benzene rings is 2. The van der Waals surface area contributed by atoms with Crippen LogP contribution in [0.3, 0.4) is 0 Å². The van der Waals surface area contributed by atoms with Gasteiger partial charge in [0.25, 0.3) is 0 Å². The Labute approximate surface area is 147 Å². The van der Waals surface area contributed by atoms with Crippen LogP contribution < -0.4 is 10.1 Å². The second-order valence-corrected chi connectivity index (χ2v) is 6.75. The number of methoxy groups -OCH3 is 1. The Balaban J connectivity index is 1.40. The third-order valence-electron chi connectivity index (χ3n) is 5.22. The van der Waals surface area contributed by atoms with Gasteiger partial charge in [0, 0.05) is 23.1 Å². The molecule has 0 aliphatic heterocycles. The second kappa shape index (κ2) is 6.89. The molecule has 3 nitrogen and oxygen atoms in total. The van der Waals surface area contributed by atoms with E-state index in [1.807, 2.05) is 12.3 Å². The highest BCUT2D eigenvalue weighted by Gasteiger charge is 2.21. The maximum atomic E-state index is 13.5. The molecule has 1 heterocycles. The summed E-state index contributed by atoms with van der Waals surface area (Å²) in [5, 5.41) is 4.65. The van der Waals surface area contributed by atoms with Gasteiger partial charge in [0.05, 0.1) is 7.11 Å². The normalized spacial score (nSPS) is 16.8.